The minimum atomic E-state index is 0.244. The predicted octanol–water partition coefficient (Wildman–Crippen LogP) is 4.97. The summed E-state index contributed by atoms with van der Waals surface area (Å²) < 4.78 is 11.5. The van der Waals surface area contributed by atoms with E-state index in [9.17, 15) is 0 Å². The van der Waals surface area contributed by atoms with Crippen molar-refractivity contribution in [3.8, 4) is 5.75 Å². The Morgan fingerprint density at radius 1 is 1.05 bits per heavy atom. The Kier molecular flexibility index (Phi) is 6.93. The molecule has 0 aromatic heterocycles. The standard InChI is InChI=1S/C18H28O2/c1-2-3-4-5-6-7-11-14-17(18-15-19-18)20-16-12-9-8-10-13-16/h8-10,12-13,17-18H,2-7,11,14-15H2,1H3. The first-order valence-corrected chi connectivity index (χ1v) is 8.23. The molecule has 2 heteroatoms. The summed E-state index contributed by atoms with van der Waals surface area (Å²) in [7, 11) is 0. The summed E-state index contributed by atoms with van der Waals surface area (Å²) in [5.41, 5.74) is 0. The molecule has 0 radical (unpaired) electrons. The fraction of sp³-hybridized carbons (Fsp3) is 0.667. The van der Waals surface area contributed by atoms with Gasteiger partial charge in [-0.25, -0.2) is 0 Å². The zero-order valence-electron chi connectivity index (χ0n) is 12.7. The monoisotopic (exact) mass is 276 g/mol. The first-order chi connectivity index (χ1) is 9.90. The highest BCUT2D eigenvalue weighted by molar-refractivity contribution is 5.21. The summed E-state index contributed by atoms with van der Waals surface area (Å²) in [4.78, 5) is 0. The summed E-state index contributed by atoms with van der Waals surface area (Å²) in [6.07, 6.45) is 11.1. The molecule has 20 heavy (non-hydrogen) atoms. The Labute approximate surface area is 123 Å². The number of benzene rings is 1. The van der Waals surface area contributed by atoms with Gasteiger partial charge >= 0.3 is 0 Å². The Morgan fingerprint density at radius 3 is 2.35 bits per heavy atom. The molecule has 1 aliphatic rings. The van der Waals surface area contributed by atoms with E-state index in [4.69, 9.17) is 9.47 Å². The zero-order valence-corrected chi connectivity index (χ0v) is 12.7. The van der Waals surface area contributed by atoms with Gasteiger partial charge in [0.15, 0.2) is 0 Å². The van der Waals surface area contributed by atoms with Crippen LogP contribution in [0.5, 0.6) is 5.75 Å². The number of para-hydroxylation sites is 1. The van der Waals surface area contributed by atoms with Gasteiger partial charge in [0.1, 0.15) is 18.0 Å². The number of hydrogen-bond acceptors (Lipinski definition) is 2. The molecule has 1 fully saturated rings. The third-order valence-electron chi connectivity index (χ3n) is 3.90. The summed E-state index contributed by atoms with van der Waals surface area (Å²) in [5, 5.41) is 0. The van der Waals surface area contributed by atoms with E-state index in [2.05, 4.69) is 6.92 Å². The van der Waals surface area contributed by atoms with Gasteiger partial charge in [-0.2, -0.15) is 0 Å². The number of hydrogen-bond donors (Lipinski definition) is 0. The second kappa shape index (κ2) is 9.02. The van der Waals surface area contributed by atoms with E-state index in [1.807, 2.05) is 30.3 Å². The SMILES string of the molecule is CCCCCCCCCC(Oc1ccccc1)C1CO1. The van der Waals surface area contributed by atoms with Crippen molar-refractivity contribution in [2.24, 2.45) is 0 Å². The van der Waals surface area contributed by atoms with Crippen LogP contribution < -0.4 is 4.74 Å². The number of rotatable bonds is 11. The van der Waals surface area contributed by atoms with Gasteiger partial charge in [0.2, 0.25) is 0 Å². The zero-order chi connectivity index (χ0) is 14.0. The van der Waals surface area contributed by atoms with Gasteiger partial charge < -0.3 is 9.47 Å². The molecule has 0 bridgehead atoms. The van der Waals surface area contributed by atoms with E-state index in [0.717, 1.165) is 18.8 Å². The van der Waals surface area contributed by atoms with Crippen LogP contribution >= 0.6 is 0 Å². The van der Waals surface area contributed by atoms with Crippen LogP contribution in [0.2, 0.25) is 0 Å². The molecule has 1 saturated heterocycles. The topological polar surface area (TPSA) is 21.8 Å². The predicted molar refractivity (Wildman–Crippen MR) is 83.2 cm³/mol. The normalized spacial score (nSPS) is 18.8. The van der Waals surface area contributed by atoms with Crippen LogP contribution in [-0.2, 0) is 4.74 Å². The van der Waals surface area contributed by atoms with Gasteiger partial charge in [-0.1, -0.05) is 63.6 Å². The molecule has 1 aliphatic heterocycles. The highest BCUT2D eigenvalue weighted by Crippen LogP contribution is 2.24. The lowest BCUT2D eigenvalue weighted by atomic mass is 10.0. The van der Waals surface area contributed by atoms with Crippen LogP contribution in [0, 0.1) is 0 Å². The lowest BCUT2D eigenvalue weighted by molar-refractivity contribution is 0.147. The fourth-order valence-corrected chi connectivity index (χ4v) is 2.57. The van der Waals surface area contributed by atoms with E-state index in [1.54, 1.807) is 0 Å². The third kappa shape index (κ3) is 5.96. The number of ether oxygens (including phenoxy) is 2. The maximum absolute atomic E-state index is 6.06. The van der Waals surface area contributed by atoms with Gasteiger partial charge in [0, 0.05) is 0 Å². The molecular weight excluding hydrogens is 248 g/mol. The van der Waals surface area contributed by atoms with Crippen LogP contribution in [0.15, 0.2) is 30.3 Å². The largest absolute Gasteiger partial charge is 0.488 e. The highest BCUT2D eigenvalue weighted by atomic mass is 16.6. The second-order valence-corrected chi connectivity index (χ2v) is 5.75. The Bertz CT molecular complexity index is 346. The van der Waals surface area contributed by atoms with Crippen molar-refractivity contribution in [1.29, 1.82) is 0 Å². The molecule has 1 heterocycles. The number of epoxide rings is 1. The summed E-state index contributed by atoms with van der Waals surface area (Å²) in [6.45, 7) is 3.13. The molecule has 2 rings (SSSR count). The van der Waals surface area contributed by atoms with Crippen molar-refractivity contribution < 1.29 is 9.47 Å². The lowest BCUT2D eigenvalue weighted by Crippen LogP contribution is -2.23. The first kappa shape index (κ1) is 15.4. The van der Waals surface area contributed by atoms with E-state index < -0.39 is 0 Å². The minimum absolute atomic E-state index is 0.244. The maximum Gasteiger partial charge on any atom is 0.127 e. The Morgan fingerprint density at radius 2 is 1.70 bits per heavy atom. The molecule has 2 unspecified atom stereocenters. The van der Waals surface area contributed by atoms with Gasteiger partial charge in [0.25, 0.3) is 0 Å². The van der Waals surface area contributed by atoms with Gasteiger partial charge in [-0.15, -0.1) is 0 Å². The summed E-state index contributed by atoms with van der Waals surface area (Å²) in [5.74, 6) is 0.968. The number of unbranched alkanes of at least 4 members (excludes halogenated alkanes) is 6. The average Bonchev–Trinajstić information content (AvgIpc) is 3.31. The molecule has 2 atom stereocenters. The van der Waals surface area contributed by atoms with E-state index in [1.165, 1.54) is 44.9 Å². The van der Waals surface area contributed by atoms with Crippen molar-refractivity contribution in [1.82, 2.24) is 0 Å². The van der Waals surface area contributed by atoms with Crippen LogP contribution in [0.3, 0.4) is 0 Å². The van der Waals surface area contributed by atoms with Crippen molar-refractivity contribution in [3.05, 3.63) is 30.3 Å². The molecule has 2 nitrogen and oxygen atoms in total. The second-order valence-electron chi connectivity index (χ2n) is 5.75. The molecule has 1 aromatic rings. The lowest BCUT2D eigenvalue weighted by Gasteiger charge is -2.17. The van der Waals surface area contributed by atoms with Gasteiger partial charge in [0.05, 0.1) is 6.61 Å². The van der Waals surface area contributed by atoms with Crippen LogP contribution in [0.4, 0.5) is 0 Å². The van der Waals surface area contributed by atoms with Crippen LogP contribution in [0.25, 0.3) is 0 Å². The highest BCUT2D eigenvalue weighted by Gasteiger charge is 2.34. The molecule has 0 amide bonds. The Hall–Kier alpha value is -1.02. The van der Waals surface area contributed by atoms with E-state index in [-0.39, 0.29) is 6.10 Å². The van der Waals surface area contributed by atoms with Gasteiger partial charge in [-0.3, -0.25) is 0 Å². The fourth-order valence-electron chi connectivity index (χ4n) is 2.57. The maximum atomic E-state index is 6.06. The molecular formula is C18H28O2. The molecule has 1 aromatic carbocycles. The van der Waals surface area contributed by atoms with Gasteiger partial charge in [-0.05, 0) is 25.0 Å². The summed E-state index contributed by atoms with van der Waals surface area (Å²) >= 11 is 0. The smallest absolute Gasteiger partial charge is 0.127 e. The molecule has 0 N–H and O–H groups in total. The van der Waals surface area contributed by atoms with Crippen molar-refractivity contribution >= 4 is 0 Å². The van der Waals surface area contributed by atoms with Crippen molar-refractivity contribution in [3.63, 3.8) is 0 Å². The molecule has 0 spiro atoms. The van der Waals surface area contributed by atoms with Crippen LogP contribution in [-0.4, -0.2) is 18.8 Å². The third-order valence-corrected chi connectivity index (χ3v) is 3.90. The molecule has 112 valence electrons. The Balaban J connectivity index is 1.61. The van der Waals surface area contributed by atoms with E-state index >= 15 is 0 Å². The van der Waals surface area contributed by atoms with Crippen molar-refractivity contribution in [2.75, 3.05) is 6.61 Å². The quantitative estimate of drug-likeness (QED) is 0.420. The average molecular weight is 276 g/mol. The minimum Gasteiger partial charge on any atom is -0.488 e. The van der Waals surface area contributed by atoms with Crippen molar-refractivity contribution in [2.45, 2.75) is 70.5 Å². The first-order valence-electron chi connectivity index (χ1n) is 8.23. The molecule has 0 aliphatic carbocycles. The summed E-state index contributed by atoms with van der Waals surface area (Å²) in [6, 6.07) is 10.1. The van der Waals surface area contributed by atoms with E-state index in [0.29, 0.717) is 6.10 Å². The molecule has 0 saturated carbocycles. The van der Waals surface area contributed by atoms with Crippen LogP contribution in [0.1, 0.15) is 58.3 Å².